The van der Waals surface area contributed by atoms with Gasteiger partial charge in [-0.2, -0.15) is 0 Å². The smallest absolute Gasteiger partial charge is 0.154 e. The number of aromatic nitrogens is 2. The van der Waals surface area contributed by atoms with Gasteiger partial charge in [-0.05, 0) is 44.0 Å². The number of aryl methyl sites for hydroxylation is 1. The first kappa shape index (κ1) is 15.6. The molecule has 0 spiro atoms. The molecule has 1 fully saturated rings. The van der Waals surface area contributed by atoms with Crippen LogP contribution in [0.1, 0.15) is 24.8 Å². The zero-order valence-corrected chi connectivity index (χ0v) is 14.1. The van der Waals surface area contributed by atoms with Gasteiger partial charge in [0.2, 0.25) is 0 Å². The second-order valence-electron chi connectivity index (χ2n) is 5.93. The minimum Gasteiger partial charge on any atom is -0.391 e. The van der Waals surface area contributed by atoms with Crippen LogP contribution < -0.4 is 5.32 Å². The molecule has 3 rings (SSSR count). The van der Waals surface area contributed by atoms with Crippen molar-refractivity contribution in [3.8, 4) is 0 Å². The number of halogens is 1. The van der Waals surface area contributed by atoms with E-state index < -0.39 is 6.10 Å². The molecule has 1 aromatic heterocycles. The number of nitrogens with zero attached hydrogens (tertiary/aromatic N) is 2. The summed E-state index contributed by atoms with van der Waals surface area (Å²) in [5.74, 6) is 0.110. The molecule has 2 aromatic rings. The summed E-state index contributed by atoms with van der Waals surface area (Å²) in [6, 6.07) is 3.83. The van der Waals surface area contributed by atoms with E-state index in [9.17, 15) is 9.90 Å². The summed E-state index contributed by atoms with van der Waals surface area (Å²) in [7, 11) is 0. The largest absolute Gasteiger partial charge is 0.391 e. The number of fused-ring (bicyclic) bond motifs is 1. The minimum absolute atomic E-state index is 0.110. The third-order valence-corrected chi connectivity index (χ3v) is 5.18. The average molecular weight is 366 g/mol. The SMILES string of the molecule is Cc1c(Br)ccc2c1ncn2CC(=O)C[C@H]1NCCC[C@@H]1O. The molecule has 2 N–H and O–H groups in total. The van der Waals surface area contributed by atoms with Crippen molar-refractivity contribution in [1.29, 1.82) is 0 Å². The van der Waals surface area contributed by atoms with Crippen molar-refractivity contribution in [2.24, 2.45) is 0 Å². The van der Waals surface area contributed by atoms with Gasteiger partial charge in [-0.25, -0.2) is 4.98 Å². The van der Waals surface area contributed by atoms with Crippen molar-refractivity contribution in [2.75, 3.05) is 6.54 Å². The Kier molecular flexibility index (Phi) is 4.61. The predicted octanol–water partition coefficient (Wildman–Crippen LogP) is 2.18. The second kappa shape index (κ2) is 6.48. The van der Waals surface area contributed by atoms with Crippen LogP contribution in [-0.4, -0.2) is 39.1 Å². The number of hydrogen-bond donors (Lipinski definition) is 2. The van der Waals surface area contributed by atoms with Crippen molar-refractivity contribution in [1.82, 2.24) is 14.9 Å². The Morgan fingerprint density at radius 3 is 3.14 bits per heavy atom. The van der Waals surface area contributed by atoms with E-state index in [0.717, 1.165) is 40.5 Å². The molecule has 0 radical (unpaired) electrons. The summed E-state index contributed by atoms with van der Waals surface area (Å²) in [6.45, 7) is 3.17. The van der Waals surface area contributed by atoms with Crippen LogP contribution in [0.4, 0.5) is 0 Å². The maximum atomic E-state index is 12.3. The molecule has 2 heterocycles. The number of carbonyl (C=O) groups is 1. The van der Waals surface area contributed by atoms with Gasteiger partial charge in [0.15, 0.2) is 5.78 Å². The van der Waals surface area contributed by atoms with E-state index in [1.807, 2.05) is 23.6 Å². The van der Waals surface area contributed by atoms with Crippen LogP contribution in [0.15, 0.2) is 22.9 Å². The van der Waals surface area contributed by atoms with Crippen molar-refractivity contribution >= 4 is 32.7 Å². The van der Waals surface area contributed by atoms with Crippen LogP contribution in [0.3, 0.4) is 0 Å². The quantitative estimate of drug-likeness (QED) is 0.871. The lowest BCUT2D eigenvalue weighted by molar-refractivity contribution is -0.121. The lowest BCUT2D eigenvalue weighted by Crippen LogP contribution is -2.46. The van der Waals surface area contributed by atoms with Gasteiger partial charge in [0.25, 0.3) is 0 Å². The number of nitrogens with one attached hydrogen (secondary N) is 1. The number of aliphatic hydroxyl groups excluding tert-OH is 1. The standard InChI is InChI=1S/C16H20BrN3O2/c1-10-12(17)4-5-14-16(10)19-9-20(14)8-11(21)7-13-15(22)3-2-6-18-13/h4-5,9,13,15,18,22H,2-3,6-8H2,1H3/t13-,15+/m1/s1. The second-order valence-corrected chi connectivity index (χ2v) is 6.78. The lowest BCUT2D eigenvalue weighted by atomic mass is 9.97. The summed E-state index contributed by atoms with van der Waals surface area (Å²) in [5.41, 5.74) is 2.96. The first-order valence-electron chi connectivity index (χ1n) is 7.59. The summed E-state index contributed by atoms with van der Waals surface area (Å²) in [6.07, 6.45) is 3.39. The highest BCUT2D eigenvalue weighted by Crippen LogP contribution is 2.24. The molecule has 0 bridgehead atoms. The van der Waals surface area contributed by atoms with Crippen LogP contribution in [0.5, 0.6) is 0 Å². The van der Waals surface area contributed by atoms with Gasteiger partial charge in [-0.1, -0.05) is 15.9 Å². The first-order valence-corrected chi connectivity index (χ1v) is 8.38. The van der Waals surface area contributed by atoms with Gasteiger partial charge in [-0.15, -0.1) is 0 Å². The van der Waals surface area contributed by atoms with Crippen LogP contribution in [0.25, 0.3) is 11.0 Å². The maximum absolute atomic E-state index is 12.3. The van der Waals surface area contributed by atoms with E-state index in [0.29, 0.717) is 13.0 Å². The Bertz CT molecular complexity index is 698. The fourth-order valence-corrected chi connectivity index (χ4v) is 3.34. The third kappa shape index (κ3) is 3.09. The van der Waals surface area contributed by atoms with Crippen LogP contribution in [0.2, 0.25) is 0 Å². The summed E-state index contributed by atoms with van der Waals surface area (Å²) >= 11 is 3.50. The average Bonchev–Trinajstić information content (AvgIpc) is 2.89. The van der Waals surface area contributed by atoms with Crippen molar-refractivity contribution in [2.45, 2.75) is 44.9 Å². The molecule has 6 heteroatoms. The number of aliphatic hydroxyl groups is 1. The zero-order chi connectivity index (χ0) is 15.7. The first-order chi connectivity index (χ1) is 10.6. The number of Topliss-reactive ketones (excluding diaryl/α,β-unsaturated/α-hetero) is 1. The number of ketones is 1. The zero-order valence-electron chi connectivity index (χ0n) is 12.6. The minimum atomic E-state index is -0.421. The molecule has 0 aliphatic carbocycles. The van der Waals surface area contributed by atoms with E-state index in [1.165, 1.54) is 0 Å². The van der Waals surface area contributed by atoms with Gasteiger partial charge < -0.3 is 15.0 Å². The topological polar surface area (TPSA) is 67.2 Å². The van der Waals surface area contributed by atoms with Crippen molar-refractivity contribution in [3.63, 3.8) is 0 Å². The highest BCUT2D eigenvalue weighted by Gasteiger charge is 2.25. The van der Waals surface area contributed by atoms with Gasteiger partial charge >= 0.3 is 0 Å². The molecule has 118 valence electrons. The molecule has 0 saturated carbocycles. The molecular formula is C16H20BrN3O2. The molecule has 1 aromatic carbocycles. The van der Waals surface area contributed by atoms with E-state index in [1.54, 1.807) is 6.33 Å². The molecule has 1 aliphatic rings. The number of rotatable bonds is 4. The molecule has 2 atom stereocenters. The number of hydrogen-bond acceptors (Lipinski definition) is 4. The number of piperidine rings is 1. The van der Waals surface area contributed by atoms with Crippen molar-refractivity contribution < 1.29 is 9.90 Å². The van der Waals surface area contributed by atoms with E-state index >= 15 is 0 Å². The summed E-state index contributed by atoms with van der Waals surface area (Å²) in [4.78, 5) is 16.7. The number of imidazole rings is 1. The molecular weight excluding hydrogens is 346 g/mol. The van der Waals surface area contributed by atoms with E-state index in [2.05, 4.69) is 26.2 Å². The Morgan fingerprint density at radius 2 is 2.36 bits per heavy atom. The normalized spacial score (nSPS) is 22.1. The molecule has 0 amide bonds. The fourth-order valence-electron chi connectivity index (χ4n) is 3.02. The highest BCUT2D eigenvalue weighted by atomic mass is 79.9. The molecule has 5 nitrogen and oxygen atoms in total. The Morgan fingerprint density at radius 1 is 1.55 bits per heavy atom. The predicted molar refractivity (Wildman–Crippen MR) is 88.8 cm³/mol. The van der Waals surface area contributed by atoms with Gasteiger partial charge in [0, 0.05) is 16.9 Å². The van der Waals surface area contributed by atoms with Crippen LogP contribution in [-0.2, 0) is 11.3 Å². The van der Waals surface area contributed by atoms with Crippen LogP contribution >= 0.6 is 15.9 Å². The summed E-state index contributed by atoms with van der Waals surface area (Å²) < 4.78 is 2.90. The van der Waals surface area contributed by atoms with E-state index in [-0.39, 0.29) is 11.8 Å². The number of benzene rings is 1. The molecule has 22 heavy (non-hydrogen) atoms. The Labute approximate surface area is 137 Å². The lowest BCUT2D eigenvalue weighted by Gasteiger charge is -2.28. The molecule has 1 aliphatic heterocycles. The van der Waals surface area contributed by atoms with E-state index in [4.69, 9.17) is 0 Å². The third-order valence-electron chi connectivity index (χ3n) is 4.32. The molecule has 1 saturated heterocycles. The van der Waals surface area contributed by atoms with Gasteiger partial charge in [0.1, 0.15) is 0 Å². The Balaban J connectivity index is 1.73. The summed E-state index contributed by atoms with van der Waals surface area (Å²) in [5, 5.41) is 13.2. The molecule has 0 unspecified atom stereocenters. The monoisotopic (exact) mass is 365 g/mol. The fraction of sp³-hybridized carbons (Fsp3) is 0.500. The highest BCUT2D eigenvalue weighted by molar-refractivity contribution is 9.10. The maximum Gasteiger partial charge on any atom is 0.154 e. The van der Waals surface area contributed by atoms with Gasteiger partial charge in [-0.3, -0.25) is 4.79 Å². The van der Waals surface area contributed by atoms with Crippen LogP contribution in [0, 0.1) is 6.92 Å². The van der Waals surface area contributed by atoms with Crippen molar-refractivity contribution in [3.05, 3.63) is 28.5 Å². The Hall–Kier alpha value is -1.24. The van der Waals surface area contributed by atoms with Gasteiger partial charge in [0.05, 0.1) is 30.0 Å². The number of carbonyl (C=O) groups excluding carboxylic acids is 1.